The number of hydrogen-bond donors (Lipinski definition) is 0. The molecule has 0 bridgehead atoms. The zero-order valence-corrected chi connectivity index (χ0v) is 17.2. The summed E-state index contributed by atoms with van der Waals surface area (Å²) in [5, 5.41) is 9.01. The number of nitrogens with zero attached hydrogens (tertiary/aromatic N) is 4. The van der Waals surface area contributed by atoms with Gasteiger partial charge in [0.1, 0.15) is 5.82 Å². The molecule has 152 valence electrons. The molecule has 0 atom stereocenters. The summed E-state index contributed by atoms with van der Waals surface area (Å²) in [4.78, 5) is 16.9. The number of esters is 1. The fourth-order valence-corrected chi connectivity index (χ4v) is 3.36. The van der Waals surface area contributed by atoms with Crippen molar-refractivity contribution in [1.82, 2.24) is 19.7 Å². The van der Waals surface area contributed by atoms with Gasteiger partial charge in [0, 0.05) is 16.3 Å². The van der Waals surface area contributed by atoms with Gasteiger partial charge in [-0.25, -0.2) is 14.2 Å². The van der Waals surface area contributed by atoms with Gasteiger partial charge >= 0.3 is 5.97 Å². The SMILES string of the molecule is CSc1ncc(C(=O)OCc2nnc(-c3ccc(Cl)cc3)o2)n1-c1ccc(F)cc1. The van der Waals surface area contributed by atoms with Gasteiger partial charge in [0.05, 0.1) is 6.20 Å². The molecule has 0 unspecified atom stereocenters. The molecule has 0 saturated carbocycles. The van der Waals surface area contributed by atoms with Gasteiger partial charge in [0.15, 0.2) is 17.5 Å². The van der Waals surface area contributed by atoms with E-state index in [1.165, 1.54) is 30.1 Å². The van der Waals surface area contributed by atoms with Crippen LogP contribution in [0.1, 0.15) is 16.4 Å². The number of rotatable bonds is 6. The molecule has 0 spiro atoms. The van der Waals surface area contributed by atoms with E-state index in [4.69, 9.17) is 20.8 Å². The van der Waals surface area contributed by atoms with E-state index >= 15 is 0 Å². The van der Waals surface area contributed by atoms with Gasteiger partial charge in [0.25, 0.3) is 5.89 Å². The smallest absolute Gasteiger partial charge is 0.357 e. The fraction of sp³-hybridized carbons (Fsp3) is 0.100. The van der Waals surface area contributed by atoms with Crippen molar-refractivity contribution in [3.63, 3.8) is 0 Å². The Hall–Kier alpha value is -3.17. The molecule has 4 aromatic rings. The van der Waals surface area contributed by atoms with Crippen LogP contribution in [0.3, 0.4) is 0 Å². The lowest BCUT2D eigenvalue weighted by Crippen LogP contribution is -2.12. The summed E-state index contributed by atoms with van der Waals surface area (Å²) in [6, 6.07) is 12.7. The average Bonchev–Trinajstić information content (AvgIpc) is 3.40. The molecule has 0 radical (unpaired) electrons. The Bertz CT molecular complexity index is 1180. The summed E-state index contributed by atoms with van der Waals surface area (Å²) in [5.74, 6) is -0.565. The maximum atomic E-state index is 13.3. The minimum atomic E-state index is -0.627. The first-order valence-electron chi connectivity index (χ1n) is 8.68. The lowest BCUT2D eigenvalue weighted by atomic mass is 10.2. The molecule has 0 aliphatic heterocycles. The van der Waals surface area contributed by atoms with Crippen LogP contribution in [0.15, 0.2) is 64.3 Å². The lowest BCUT2D eigenvalue weighted by molar-refractivity contribution is 0.0428. The second kappa shape index (κ2) is 8.68. The van der Waals surface area contributed by atoms with Gasteiger partial charge < -0.3 is 9.15 Å². The highest BCUT2D eigenvalue weighted by Gasteiger charge is 2.20. The molecule has 30 heavy (non-hydrogen) atoms. The number of imidazole rings is 1. The summed E-state index contributed by atoms with van der Waals surface area (Å²) >= 11 is 7.22. The quantitative estimate of drug-likeness (QED) is 0.312. The van der Waals surface area contributed by atoms with E-state index in [0.29, 0.717) is 27.3 Å². The van der Waals surface area contributed by atoms with Gasteiger partial charge in [-0.1, -0.05) is 23.4 Å². The van der Waals surface area contributed by atoms with Crippen LogP contribution in [-0.4, -0.2) is 32.0 Å². The van der Waals surface area contributed by atoms with E-state index in [1.807, 2.05) is 6.26 Å². The molecule has 0 N–H and O–H groups in total. The largest absolute Gasteiger partial charge is 0.451 e. The van der Waals surface area contributed by atoms with Crippen LogP contribution in [0.4, 0.5) is 4.39 Å². The number of aromatic nitrogens is 4. The van der Waals surface area contributed by atoms with Gasteiger partial charge in [-0.15, -0.1) is 10.2 Å². The van der Waals surface area contributed by atoms with Crippen molar-refractivity contribution in [3.8, 4) is 17.1 Å². The standard InChI is InChI=1S/C20H14ClFN4O3S/c1-30-20-23-10-16(26(20)15-8-6-14(22)7-9-15)19(27)28-11-17-24-25-18(29-17)12-2-4-13(21)5-3-12/h2-10H,11H2,1H3. The van der Waals surface area contributed by atoms with Crippen molar-refractivity contribution >= 4 is 29.3 Å². The predicted molar refractivity (Wildman–Crippen MR) is 109 cm³/mol. The zero-order chi connectivity index (χ0) is 21.1. The molecular formula is C20H14ClFN4O3S. The highest BCUT2D eigenvalue weighted by Crippen LogP contribution is 2.23. The Balaban J connectivity index is 1.50. The number of carbonyl (C=O) groups is 1. The first-order chi connectivity index (χ1) is 14.5. The van der Waals surface area contributed by atoms with E-state index in [1.54, 1.807) is 41.0 Å². The minimum absolute atomic E-state index is 0.145. The molecule has 0 aliphatic rings. The Labute approximate surface area is 179 Å². The Kier molecular flexibility index (Phi) is 5.82. The minimum Gasteiger partial charge on any atom is -0.451 e. The summed E-state index contributed by atoms with van der Waals surface area (Å²) in [7, 11) is 0. The Morgan fingerprint density at radius 2 is 1.90 bits per heavy atom. The maximum Gasteiger partial charge on any atom is 0.357 e. The first-order valence-corrected chi connectivity index (χ1v) is 10.3. The van der Waals surface area contributed by atoms with Gasteiger partial charge in [-0.05, 0) is 54.8 Å². The molecule has 0 fully saturated rings. The third-order valence-corrected chi connectivity index (χ3v) is 5.00. The molecule has 0 saturated heterocycles. The summed E-state index contributed by atoms with van der Waals surface area (Å²) < 4.78 is 25.7. The number of carbonyl (C=O) groups excluding carboxylic acids is 1. The molecule has 0 aliphatic carbocycles. The number of thioether (sulfide) groups is 1. The van der Waals surface area contributed by atoms with E-state index in [2.05, 4.69) is 15.2 Å². The van der Waals surface area contributed by atoms with Gasteiger partial charge in [0.2, 0.25) is 5.89 Å². The third-order valence-electron chi connectivity index (χ3n) is 4.09. The Morgan fingerprint density at radius 3 is 2.60 bits per heavy atom. The lowest BCUT2D eigenvalue weighted by Gasteiger charge is -2.10. The van der Waals surface area contributed by atoms with Crippen LogP contribution in [0.2, 0.25) is 5.02 Å². The van der Waals surface area contributed by atoms with Crippen molar-refractivity contribution in [1.29, 1.82) is 0 Å². The van der Waals surface area contributed by atoms with E-state index in [9.17, 15) is 9.18 Å². The maximum absolute atomic E-state index is 13.3. The molecule has 7 nitrogen and oxygen atoms in total. The number of hydrogen-bond acceptors (Lipinski definition) is 7. The van der Waals surface area contributed by atoms with Crippen molar-refractivity contribution in [2.45, 2.75) is 11.8 Å². The number of halogens is 2. The van der Waals surface area contributed by atoms with E-state index in [0.717, 1.165) is 0 Å². The van der Waals surface area contributed by atoms with Gasteiger partial charge in [-0.3, -0.25) is 4.57 Å². The molecule has 2 aromatic carbocycles. The fourth-order valence-electron chi connectivity index (χ4n) is 2.68. The van der Waals surface area contributed by atoms with Crippen molar-refractivity contribution in [2.24, 2.45) is 0 Å². The molecule has 0 amide bonds. The van der Waals surface area contributed by atoms with Gasteiger partial charge in [-0.2, -0.15) is 0 Å². The highest BCUT2D eigenvalue weighted by atomic mass is 35.5. The van der Waals surface area contributed by atoms with Crippen LogP contribution < -0.4 is 0 Å². The highest BCUT2D eigenvalue weighted by molar-refractivity contribution is 7.98. The van der Waals surface area contributed by atoms with Crippen LogP contribution in [0, 0.1) is 5.82 Å². The Morgan fingerprint density at radius 1 is 1.17 bits per heavy atom. The van der Waals surface area contributed by atoms with E-state index in [-0.39, 0.29) is 24.0 Å². The van der Waals surface area contributed by atoms with Crippen LogP contribution >= 0.6 is 23.4 Å². The second-order valence-corrected chi connectivity index (χ2v) is 7.24. The van der Waals surface area contributed by atoms with Crippen LogP contribution in [0.5, 0.6) is 0 Å². The molecule has 2 aromatic heterocycles. The summed E-state index contributed by atoms with van der Waals surface area (Å²) in [6.45, 7) is -0.206. The third kappa shape index (κ3) is 4.22. The predicted octanol–water partition coefficient (Wildman–Crippen LogP) is 4.79. The zero-order valence-electron chi connectivity index (χ0n) is 15.6. The van der Waals surface area contributed by atoms with Crippen LogP contribution in [-0.2, 0) is 11.3 Å². The second-order valence-electron chi connectivity index (χ2n) is 6.03. The topological polar surface area (TPSA) is 83.0 Å². The average molecular weight is 445 g/mol. The van der Waals surface area contributed by atoms with E-state index < -0.39 is 5.97 Å². The number of benzene rings is 2. The molecule has 2 heterocycles. The monoisotopic (exact) mass is 444 g/mol. The molecular weight excluding hydrogens is 431 g/mol. The number of ether oxygens (including phenoxy) is 1. The van der Waals surface area contributed by atoms with Crippen molar-refractivity contribution < 1.29 is 18.3 Å². The van der Waals surface area contributed by atoms with Crippen molar-refractivity contribution in [2.75, 3.05) is 6.26 Å². The van der Waals surface area contributed by atoms with Crippen LogP contribution in [0.25, 0.3) is 17.1 Å². The normalized spacial score (nSPS) is 10.9. The molecule has 4 rings (SSSR count). The summed E-state index contributed by atoms with van der Waals surface area (Å²) in [6.07, 6.45) is 3.23. The van der Waals surface area contributed by atoms with Crippen molar-refractivity contribution in [3.05, 3.63) is 77.2 Å². The summed E-state index contributed by atoms with van der Waals surface area (Å²) in [5.41, 5.74) is 1.49. The first kappa shape index (κ1) is 20.1. The molecule has 10 heteroatoms.